The molecule has 23 heavy (non-hydrogen) atoms. The van der Waals surface area contributed by atoms with Crippen LogP contribution < -0.4 is 0 Å². The molecule has 2 aromatic rings. The molecule has 0 aliphatic heterocycles. The van der Waals surface area contributed by atoms with Crippen molar-refractivity contribution in [1.82, 2.24) is 0 Å². The highest BCUT2D eigenvalue weighted by Gasteiger charge is 2.27. The molecule has 0 saturated heterocycles. The van der Waals surface area contributed by atoms with Crippen LogP contribution in [0.15, 0.2) is 54.6 Å². The van der Waals surface area contributed by atoms with E-state index in [0.717, 1.165) is 16.7 Å². The second-order valence-corrected chi connectivity index (χ2v) is 5.26. The number of aliphatic hydroxyl groups excluding tert-OH is 1. The Bertz CT molecular complexity index is 647. The summed E-state index contributed by atoms with van der Waals surface area (Å²) in [6, 6.07) is 19.1. The van der Waals surface area contributed by atoms with E-state index < -0.39 is 12.4 Å². The van der Waals surface area contributed by atoms with Crippen LogP contribution in [-0.2, 0) is 9.47 Å². The Kier molecular flexibility index (Phi) is 6.30. The lowest BCUT2D eigenvalue weighted by atomic mass is 9.84. The van der Waals surface area contributed by atoms with E-state index in [-0.39, 0.29) is 12.3 Å². The Morgan fingerprint density at radius 2 is 1.52 bits per heavy atom. The Hall–Kier alpha value is -2.19. The summed E-state index contributed by atoms with van der Waals surface area (Å²) in [5.41, 5.74) is 2.47. The van der Waals surface area contributed by atoms with Gasteiger partial charge in [-0.25, -0.2) is 0 Å². The molecule has 0 saturated carbocycles. The number of hydrogen-bond donors (Lipinski definition) is 1. The summed E-state index contributed by atoms with van der Waals surface area (Å²) in [4.78, 5) is 0. The maximum atomic E-state index is 10.8. The molecule has 2 atom stereocenters. The summed E-state index contributed by atoms with van der Waals surface area (Å²) in [6.07, 6.45) is -1.10. The first-order valence-electron chi connectivity index (χ1n) is 7.47. The first-order valence-corrected chi connectivity index (χ1v) is 7.47. The van der Waals surface area contributed by atoms with Gasteiger partial charge in [-0.15, -0.1) is 0 Å². The predicted octanol–water partition coefficient (Wildman–Crippen LogP) is 3.71. The number of nitriles is 1. The van der Waals surface area contributed by atoms with E-state index in [4.69, 9.17) is 9.47 Å². The number of hydrogen-bond acceptors (Lipinski definition) is 4. The molecule has 0 heterocycles. The molecule has 2 aromatic carbocycles. The van der Waals surface area contributed by atoms with Crippen molar-refractivity contribution in [2.45, 2.75) is 24.7 Å². The van der Waals surface area contributed by atoms with Crippen LogP contribution in [0, 0.1) is 11.3 Å². The lowest BCUT2D eigenvalue weighted by Gasteiger charge is -2.26. The number of benzene rings is 2. The molecule has 0 aromatic heterocycles. The van der Waals surface area contributed by atoms with Crippen molar-refractivity contribution < 1.29 is 14.6 Å². The lowest BCUT2D eigenvalue weighted by Crippen LogP contribution is -2.15. The van der Waals surface area contributed by atoms with E-state index >= 15 is 0 Å². The Morgan fingerprint density at radius 3 is 2.09 bits per heavy atom. The highest BCUT2D eigenvalue weighted by Crippen LogP contribution is 2.37. The van der Waals surface area contributed by atoms with Crippen LogP contribution in [0.1, 0.15) is 41.4 Å². The summed E-state index contributed by atoms with van der Waals surface area (Å²) < 4.78 is 10.7. The second kappa shape index (κ2) is 8.44. The second-order valence-electron chi connectivity index (χ2n) is 5.26. The highest BCUT2D eigenvalue weighted by molar-refractivity contribution is 5.35. The SMILES string of the molecule is COC(OC)c1ccccc1[C@H](CC#N)[C@H](O)c1ccccc1. The Labute approximate surface area is 136 Å². The molecule has 0 unspecified atom stereocenters. The standard InChI is InChI=1S/C19H21NO3/c1-22-19(23-2)17-11-7-6-10-15(17)16(12-13-20)18(21)14-8-4-3-5-9-14/h3-11,16,18-19,21H,12H2,1-2H3/t16-,18+/m0/s1. The van der Waals surface area contributed by atoms with Crippen molar-refractivity contribution in [1.29, 1.82) is 5.26 Å². The first-order chi connectivity index (χ1) is 11.2. The molecule has 2 rings (SSSR count). The molecule has 0 bridgehead atoms. The molecule has 0 radical (unpaired) electrons. The van der Waals surface area contributed by atoms with Gasteiger partial charge in [-0.05, 0) is 11.1 Å². The molecule has 0 amide bonds. The lowest BCUT2D eigenvalue weighted by molar-refractivity contribution is -0.106. The molecule has 0 aliphatic rings. The van der Waals surface area contributed by atoms with Crippen LogP contribution in [0.3, 0.4) is 0 Å². The van der Waals surface area contributed by atoms with Gasteiger partial charge in [0.2, 0.25) is 0 Å². The highest BCUT2D eigenvalue weighted by atomic mass is 16.7. The zero-order valence-corrected chi connectivity index (χ0v) is 13.3. The monoisotopic (exact) mass is 311 g/mol. The minimum atomic E-state index is -0.772. The zero-order chi connectivity index (χ0) is 16.7. The zero-order valence-electron chi connectivity index (χ0n) is 13.3. The van der Waals surface area contributed by atoms with E-state index in [2.05, 4.69) is 6.07 Å². The molecule has 1 N–H and O–H groups in total. The minimum absolute atomic E-state index is 0.202. The molecule has 0 fully saturated rings. The smallest absolute Gasteiger partial charge is 0.183 e. The van der Waals surface area contributed by atoms with Gasteiger partial charge in [-0.3, -0.25) is 0 Å². The van der Waals surface area contributed by atoms with Crippen LogP contribution in [0.5, 0.6) is 0 Å². The van der Waals surface area contributed by atoms with Gasteiger partial charge in [-0.1, -0.05) is 54.6 Å². The molecular weight excluding hydrogens is 290 g/mol. The Morgan fingerprint density at radius 1 is 0.957 bits per heavy atom. The molecular formula is C19H21NO3. The van der Waals surface area contributed by atoms with Gasteiger partial charge >= 0.3 is 0 Å². The number of methoxy groups -OCH3 is 2. The number of nitrogens with zero attached hydrogens (tertiary/aromatic N) is 1. The van der Waals surface area contributed by atoms with Gasteiger partial charge in [0.25, 0.3) is 0 Å². The third-order valence-electron chi connectivity index (χ3n) is 3.91. The minimum Gasteiger partial charge on any atom is -0.388 e. The molecule has 120 valence electrons. The average Bonchev–Trinajstić information content (AvgIpc) is 2.61. The maximum absolute atomic E-state index is 10.8. The molecule has 4 nitrogen and oxygen atoms in total. The van der Waals surface area contributed by atoms with Crippen molar-refractivity contribution in [3.63, 3.8) is 0 Å². The fraction of sp³-hybridized carbons (Fsp3) is 0.316. The van der Waals surface area contributed by atoms with Gasteiger partial charge in [-0.2, -0.15) is 5.26 Å². The fourth-order valence-electron chi connectivity index (χ4n) is 2.79. The summed E-state index contributed by atoms with van der Waals surface area (Å²) in [7, 11) is 3.13. The van der Waals surface area contributed by atoms with Crippen molar-refractivity contribution in [2.24, 2.45) is 0 Å². The van der Waals surface area contributed by atoms with E-state index in [9.17, 15) is 10.4 Å². The van der Waals surface area contributed by atoms with Gasteiger partial charge in [0.1, 0.15) is 0 Å². The number of rotatable bonds is 7. The molecule has 4 heteroatoms. The normalized spacial score (nSPS) is 13.5. The van der Waals surface area contributed by atoms with Crippen molar-refractivity contribution in [3.05, 3.63) is 71.3 Å². The van der Waals surface area contributed by atoms with Crippen molar-refractivity contribution in [3.8, 4) is 6.07 Å². The third kappa shape index (κ3) is 3.96. The average molecular weight is 311 g/mol. The third-order valence-corrected chi connectivity index (χ3v) is 3.91. The van der Waals surface area contributed by atoms with Gasteiger partial charge in [0.15, 0.2) is 6.29 Å². The number of aliphatic hydroxyl groups is 1. The van der Waals surface area contributed by atoms with E-state index in [1.165, 1.54) is 0 Å². The predicted molar refractivity (Wildman–Crippen MR) is 87.6 cm³/mol. The van der Waals surface area contributed by atoms with E-state index in [1.807, 2.05) is 54.6 Å². The topological polar surface area (TPSA) is 62.5 Å². The van der Waals surface area contributed by atoms with Crippen LogP contribution in [0.4, 0.5) is 0 Å². The van der Waals surface area contributed by atoms with E-state index in [0.29, 0.717) is 0 Å². The number of ether oxygens (including phenoxy) is 2. The quantitative estimate of drug-likeness (QED) is 0.792. The van der Waals surface area contributed by atoms with Gasteiger partial charge in [0, 0.05) is 32.1 Å². The van der Waals surface area contributed by atoms with Crippen LogP contribution in [-0.4, -0.2) is 19.3 Å². The van der Waals surface area contributed by atoms with Crippen molar-refractivity contribution >= 4 is 0 Å². The Balaban J connectivity index is 2.44. The largest absolute Gasteiger partial charge is 0.388 e. The van der Waals surface area contributed by atoms with Gasteiger partial charge in [0.05, 0.1) is 12.2 Å². The molecule has 0 spiro atoms. The van der Waals surface area contributed by atoms with Gasteiger partial charge < -0.3 is 14.6 Å². The van der Waals surface area contributed by atoms with Crippen molar-refractivity contribution in [2.75, 3.05) is 14.2 Å². The van der Waals surface area contributed by atoms with E-state index in [1.54, 1.807) is 14.2 Å². The maximum Gasteiger partial charge on any atom is 0.183 e. The van der Waals surface area contributed by atoms with Crippen LogP contribution in [0.25, 0.3) is 0 Å². The first kappa shape index (κ1) is 17.2. The summed E-state index contributed by atoms with van der Waals surface area (Å²) in [6.45, 7) is 0. The summed E-state index contributed by atoms with van der Waals surface area (Å²) in [5.74, 6) is -0.355. The van der Waals surface area contributed by atoms with Crippen LogP contribution in [0.2, 0.25) is 0 Å². The summed E-state index contributed by atoms with van der Waals surface area (Å²) >= 11 is 0. The molecule has 0 aliphatic carbocycles. The summed E-state index contributed by atoms with van der Waals surface area (Å²) in [5, 5.41) is 20.0. The fourth-order valence-corrected chi connectivity index (χ4v) is 2.79. The van der Waals surface area contributed by atoms with Crippen LogP contribution >= 0.6 is 0 Å².